The van der Waals surface area contributed by atoms with Crippen LogP contribution in [0.1, 0.15) is 76.1 Å². The number of rotatable bonds is 6. The topological polar surface area (TPSA) is 67.2 Å². The molecule has 1 aromatic heterocycles. The highest BCUT2D eigenvalue weighted by atomic mass is 16.3. The molecule has 7 nitrogen and oxygen atoms in total. The van der Waals surface area contributed by atoms with Crippen LogP contribution in [0.3, 0.4) is 0 Å². The molecule has 222 valence electrons. The van der Waals surface area contributed by atoms with Crippen LogP contribution in [0, 0.1) is 18.8 Å². The van der Waals surface area contributed by atoms with E-state index in [-0.39, 0.29) is 0 Å². The van der Waals surface area contributed by atoms with Crippen LogP contribution in [-0.4, -0.2) is 89.2 Å². The molecule has 0 bridgehead atoms. The van der Waals surface area contributed by atoms with Gasteiger partial charge < -0.3 is 15.3 Å². The fraction of sp³-hybridized carbons (Fsp3) is 0.588. The van der Waals surface area contributed by atoms with Crippen molar-refractivity contribution in [2.24, 2.45) is 4.99 Å². The Kier molecular flexibility index (Phi) is 10.8. The minimum Gasteiger partial charge on any atom is -0.378 e. The van der Waals surface area contributed by atoms with Gasteiger partial charge in [0.05, 0.1) is 6.54 Å². The van der Waals surface area contributed by atoms with Crippen molar-refractivity contribution >= 4 is 11.7 Å². The molecule has 4 heterocycles. The lowest BCUT2D eigenvalue weighted by Gasteiger charge is -2.48. The molecule has 1 aromatic carbocycles. The number of pyridine rings is 1. The average molecular weight is 559 g/mol. The molecule has 2 aromatic rings. The molecular formula is C34H50N6O. The van der Waals surface area contributed by atoms with Crippen LogP contribution in [0.2, 0.25) is 0 Å². The van der Waals surface area contributed by atoms with Crippen LogP contribution in [0.25, 0.3) is 0 Å². The number of aryl methyl sites for hydroxylation is 1. The fourth-order valence-corrected chi connectivity index (χ4v) is 6.11. The van der Waals surface area contributed by atoms with Crippen LogP contribution in [-0.2, 0) is 6.54 Å². The van der Waals surface area contributed by atoms with Crippen molar-refractivity contribution < 1.29 is 5.11 Å². The maximum Gasteiger partial charge on any atom is 0.131 e. The lowest BCUT2D eigenvalue weighted by molar-refractivity contribution is 0.0610. The number of nitrogens with zero attached hydrogens (tertiary/aromatic N) is 5. The highest BCUT2D eigenvalue weighted by Crippen LogP contribution is 2.27. The summed E-state index contributed by atoms with van der Waals surface area (Å²) in [5.74, 6) is 8.06. The minimum absolute atomic E-state index is 0.564. The number of aliphatic imine (C=N–C) groups is 1. The lowest BCUT2D eigenvalue weighted by atomic mass is 9.97. The van der Waals surface area contributed by atoms with E-state index in [4.69, 9.17) is 4.98 Å². The van der Waals surface area contributed by atoms with Gasteiger partial charge in [-0.15, -0.1) is 0 Å². The second kappa shape index (κ2) is 14.3. The van der Waals surface area contributed by atoms with E-state index in [1.54, 1.807) is 13.8 Å². The van der Waals surface area contributed by atoms with Gasteiger partial charge in [-0.05, 0) is 82.4 Å². The van der Waals surface area contributed by atoms with Gasteiger partial charge in [0.15, 0.2) is 0 Å². The summed E-state index contributed by atoms with van der Waals surface area (Å²) in [6, 6.07) is 11.9. The minimum atomic E-state index is -0.962. The number of hydrogen-bond donors (Lipinski definition) is 2. The van der Waals surface area contributed by atoms with E-state index in [0.29, 0.717) is 12.1 Å². The maximum atomic E-state index is 9.82. The fourth-order valence-electron chi connectivity index (χ4n) is 6.11. The third-order valence-electron chi connectivity index (χ3n) is 8.20. The van der Waals surface area contributed by atoms with Gasteiger partial charge in [-0.1, -0.05) is 44.7 Å². The van der Waals surface area contributed by atoms with Gasteiger partial charge in [0.25, 0.3) is 0 Å². The normalized spacial score (nSPS) is 20.4. The monoisotopic (exact) mass is 558 g/mol. The summed E-state index contributed by atoms with van der Waals surface area (Å²) in [4.78, 5) is 17.3. The first-order valence-electron chi connectivity index (χ1n) is 15.6. The summed E-state index contributed by atoms with van der Waals surface area (Å²) < 4.78 is 0. The molecule has 0 spiro atoms. The van der Waals surface area contributed by atoms with E-state index in [1.807, 2.05) is 20.0 Å². The van der Waals surface area contributed by atoms with Gasteiger partial charge in [-0.25, -0.2) is 4.98 Å². The van der Waals surface area contributed by atoms with Gasteiger partial charge in [0.2, 0.25) is 0 Å². The van der Waals surface area contributed by atoms with Crippen LogP contribution in [0.5, 0.6) is 0 Å². The van der Waals surface area contributed by atoms with Gasteiger partial charge in [0.1, 0.15) is 17.3 Å². The van der Waals surface area contributed by atoms with E-state index in [2.05, 4.69) is 81.0 Å². The van der Waals surface area contributed by atoms with E-state index in [0.717, 1.165) is 81.6 Å². The molecule has 0 amide bonds. The number of anilines is 1. The largest absolute Gasteiger partial charge is 0.378 e. The molecular weight excluding hydrogens is 508 g/mol. The van der Waals surface area contributed by atoms with Gasteiger partial charge in [0, 0.05) is 62.1 Å². The van der Waals surface area contributed by atoms with Crippen molar-refractivity contribution in [1.29, 1.82) is 0 Å². The Labute approximate surface area is 248 Å². The molecule has 5 rings (SSSR count). The van der Waals surface area contributed by atoms with Crippen molar-refractivity contribution in [3.8, 4) is 11.8 Å². The summed E-state index contributed by atoms with van der Waals surface area (Å²) >= 11 is 0. The van der Waals surface area contributed by atoms with Crippen LogP contribution >= 0.6 is 0 Å². The van der Waals surface area contributed by atoms with Gasteiger partial charge >= 0.3 is 0 Å². The Morgan fingerprint density at radius 3 is 2.41 bits per heavy atom. The summed E-state index contributed by atoms with van der Waals surface area (Å²) in [7, 11) is 0. The summed E-state index contributed by atoms with van der Waals surface area (Å²) in [6.45, 7) is 20.2. The second-order valence-electron chi connectivity index (χ2n) is 11.8. The number of aromatic nitrogens is 1. The van der Waals surface area contributed by atoms with Crippen molar-refractivity contribution in [2.75, 3.05) is 50.7 Å². The van der Waals surface area contributed by atoms with Gasteiger partial charge in [-0.3, -0.25) is 14.8 Å². The molecule has 1 atom stereocenters. The van der Waals surface area contributed by atoms with E-state index in [9.17, 15) is 5.11 Å². The third-order valence-corrected chi connectivity index (χ3v) is 8.20. The number of amidine groups is 1. The quantitative estimate of drug-likeness (QED) is 0.511. The molecule has 3 aliphatic heterocycles. The lowest BCUT2D eigenvalue weighted by Crippen LogP contribution is -2.58. The number of piperazine rings is 1. The van der Waals surface area contributed by atoms with Crippen LogP contribution in [0.4, 0.5) is 5.82 Å². The summed E-state index contributed by atoms with van der Waals surface area (Å²) in [6.07, 6.45) is 5.61. The Hall–Kier alpha value is -2.92. The number of likely N-dealkylation sites (tertiary alicyclic amines) is 1. The molecule has 1 unspecified atom stereocenters. The van der Waals surface area contributed by atoms with Crippen molar-refractivity contribution in [1.82, 2.24) is 20.1 Å². The average Bonchev–Trinajstić information content (AvgIpc) is 3.53. The molecule has 3 aliphatic rings. The van der Waals surface area contributed by atoms with Crippen LogP contribution in [0.15, 0.2) is 41.5 Å². The zero-order chi connectivity index (χ0) is 29.4. The number of aliphatic hydroxyl groups is 1. The Bertz CT molecular complexity index is 1210. The first-order valence-corrected chi connectivity index (χ1v) is 15.6. The van der Waals surface area contributed by atoms with E-state index < -0.39 is 5.60 Å². The highest BCUT2D eigenvalue weighted by Gasteiger charge is 2.33. The molecule has 7 heteroatoms. The maximum absolute atomic E-state index is 9.82. The Morgan fingerprint density at radius 1 is 1.07 bits per heavy atom. The summed E-state index contributed by atoms with van der Waals surface area (Å²) in [5, 5.41) is 13.2. The molecule has 0 radical (unpaired) electrons. The number of benzene rings is 1. The van der Waals surface area contributed by atoms with Gasteiger partial charge in [-0.2, -0.15) is 0 Å². The molecule has 0 aliphatic carbocycles. The predicted molar refractivity (Wildman–Crippen MR) is 171 cm³/mol. The smallest absolute Gasteiger partial charge is 0.131 e. The zero-order valence-electron chi connectivity index (χ0n) is 26.1. The number of hydrogen-bond acceptors (Lipinski definition) is 7. The second-order valence-corrected chi connectivity index (χ2v) is 11.8. The van der Waals surface area contributed by atoms with E-state index in [1.165, 1.54) is 24.0 Å². The molecule has 0 saturated carbocycles. The highest BCUT2D eigenvalue weighted by molar-refractivity contribution is 5.99. The van der Waals surface area contributed by atoms with Crippen LogP contribution < -0.4 is 10.2 Å². The number of nitrogens with one attached hydrogen (secondary N) is 1. The SMILES string of the molecule is CC.CCC1CN(c2ncc(C3=NCCN3)cc2C)CCN1C1CCN(Cc2ccc(C#CC(C)(C)O)cc2)CC1. The number of piperidine rings is 1. The zero-order valence-corrected chi connectivity index (χ0v) is 26.1. The van der Waals surface area contributed by atoms with Crippen molar-refractivity contribution in [3.63, 3.8) is 0 Å². The van der Waals surface area contributed by atoms with Crippen molar-refractivity contribution in [2.45, 2.75) is 85.0 Å². The Morgan fingerprint density at radius 2 is 1.80 bits per heavy atom. The molecule has 2 fully saturated rings. The first-order chi connectivity index (χ1) is 19.8. The predicted octanol–water partition coefficient (Wildman–Crippen LogP) is 4.45. The van der Waals surface area contributed by atoms with E-state index >= 15 is 0 Å². The van der Waals surface area contributed by atoms with Crippen molar-refractivity contribution in [3.05, 3.63) is 58.8 Å². The Balaban J connectivity index is 0.00000189. The molecule has 2 N–H and O–H groups in total. The first kappa shape index (κ1) is 31.0. The molecule has 41 heavy (non-hydrogen) atoms. The standard InChI is InChI=1S/C32H44N6O.C2H6/c1-5-28-23-37(31-24(2)20-27(21-35-31)30-33-14-15-34-30)18-19-38(28)29-11-16-36(17-12-29)22-26-8-6-25(7-9-26)10-13-32(3,4)39;1-2/h6-9,20-21,28-29,39H,5,11-12,14-19,22-23H2,1-4H3,(H,33,34);1-2H3. The molecule has 2 saturated heterocycles. The summed E-state index contributed by atoms with van der Waals surface area (Å²) in [5.41, 5.74) is 3.65. The third kappa shape index (κ3) is 8.31.